The highest BCUT2D eigenvalue weighted by Crippen LogP contribution is 2.25. The van der Waals surface area contributed by atoms with Crippen molar-refractivity contribution in [1.82, 2.24) is 19.4 Å². The van der Waals surface area contributed by atoms with Gasteiger partial charge in [-0.15, -0.1) is 0 Å². The Kier molecular flexibility index (Phi) is 3.37. The molecule has 1 amide bonds. The van der Waals surface area contributed by atoms with Gasteiger partial charge in [0.1, 0.15) is 11.6 Å². The van der Waals surface area contributed by atoms with Gasteiger partial charge in [0.05, 0.1) is 0 Å². The number of anilines is 1. The van der Waals surface area contributed by atoms with Crippen LogP contribution in [0, 0.1) is 0 Å². The fraction of sp³-hybridized carbons (Fsp3) is 0.462. The van der Waals surface area contributed by atoms with Gasteiger partial charge in [0.2, 0.25) is 11.9 Å². The Morgan fingerprint density at radius 1 is 1.45 bits per heavy atom. The molecular formula is C13H16BrN5O. The molecule has 1 unspecified atom stereocenters. The molecule has 2 aromatic heterocycles. The number of hydrogen-bond acceptors (Lipinski definition) is 4. The van der Waals surface area contributed by atoms with Crippen molar-refractivity contribution in [3.63, 3.8) is 0 Å². The third kappa shape index (κ3) is 2.15. The van der Waals surface area contributed by atoms with Gasteiger partial charge in [0, 0.05) is 23.8 Å². The monoisotopic (exact) mass is 337 g/mol. The summed E-state index contributed by atoms with van der Waals surface area (Å²) in [6.45, 7) is 3.51. The summed E-state index contributed by atoms with van der Waals surface area (Å²) in [5.74, 6) is 0.406. The molecule has 1 saturated heterocycles. The first-order valence-corrected chi connectivity index (χ1v) is 7.45. The van der Waals surface area contributed by atoms with Crippen molar-refractivity contribution < 1.29 is 4.79 Å². The summed E-state index contributed by atoms with van der Waals surface area (Å²) >= 11 is 3.36. The molecule has 0 saturated carbocycles. The summed E-state index contributed by atoms with van der Waals surface area (Å²) in [4.78, 5) is 23.0. The summed E-state index contributed by atoms with van der Waals surface area (Å²) < 4.78 is 2.55. The molecular weight excluding hydrogens is 322 g/mol. The van der Waals surface area contributed by atoms with E-state index in [2.05, 4.69) is 25.9 Å². The van der Waals surface area contributed by atoms with Gasteiger partial charge < -0.3 is 10.6 Å². The fourth-order valence-corrected chi connectivity index (χ4v) is 2.99. The number of nitrogens with two attached hydrogens (primary N) is 1. The number of nitrogens with zero attached hydrogens (tertiary/aromatic N) is 4. The lowest BCUT2D eigenvalue weighted by atomic mass is 10.3. The van der Waals surface area contributed by atoms with Crippen molar-refractivity contribution in [2.75, 3.05) is 18.8 Å². The third-order valence-electron chi connectivity index (χ3n) is 3.69. The Labute approximate surface area is 125 Å². The predicted octanol–water partition coefficient (Wildman–Crippen LogP) is 1.96. The SMILES string of the molecule is CC(C(=O)N1CCCC1)n1c(N)nc2cc(Br)cnc21. The van der Waals surface area contributed by atoms with Gasteiger partial charge in [-0.25, -0.2) is 9.97 Å². The van der Waals surface area contributed by atoms with Crippen LogP contribution in [0.4, 0.5) is 5.95 Å². The minimum atomic E-state index is -0.383. The third-order valence-corrected chi connectivity index (χ3v) is 4.12. The van der Waals surface area contributed by atoms with Crippen LogP contribution in [0.5, 0.6) is 0 Å². The van der Waals surface area contributed by atoms with Gasteiger partial charge in [-0.3, -0.25) is 9.36 Å². The molecule has 1 aliphatic heterocycles. The van der Waals surface area contributed by atoms with Gasteiger partial charge in [-0.2, -0.15) is 0 Å². The lowest BCUT2D eigenvalue weighted by molar-refractivity contribution is -0.133. The van der Waals surface area contributed by atoms with Crippen LogP contribution in [0.1, 0.15) is 25.8 Å². The number of carbonyl (C=O) groups is 1. The van der Waals surface area contributed by atoms with E-state index in [-0.39, 0.29) is 11.9 Å². The first-order chi connectivity index (χ1) is 9.58. The number of amides is 1. The molecule has 7 heteroatoms. The van der Waals surface area contributed by atoms with Gasteiger partial charge in [-0.1, -0.05) is 0 Å². The molecule has 0 aromatic carbocycles. The van der Waals surface area contributed by atoms with Gasteiger partial charge in [-0.05, 0) is 41.8 Å². The maximum Gasteiger partial charge on any atom is 0.245 e. The summed E-state index contributed by atoms with van der Waals surface area (Å²) in [7, 11) is 0. The first-order valence-electron chi connectivity index (χ1n) is 6.65. The highest BCUT2D eigenvalue weighted by molar-refractivity contribution is 9.10. The summed E-state index contributed by atoms with van der Waals surface area (Å²) in [6, 6.07) is 1.47. The number of aromatic nitrogens is 3. The average Bonchev–Trinajstić information content (AvgIpc) is 3.03. The Bertz CT molecular complexity index is 662. The van der Waals surface area contributed by atoms with Crippen molar-refractivity contribution in [2.24, 2.45) is 0 Å². The number of imidazole rings is 1. The van der Waals surface area contributed by atoms with Crippen molar-refractivity contribution in [1.29, 1.82) is 0 Å². The molecule has 2 N–H and O–H groups in total. The highest BCUT2D eigenvalue weighted by atomic mass is 79.9. The molecule has 3 heterocycles. The molecule has 0 aliphatic carbocycles. The van der Waals surface area contributed by atoms with E-state index in [1.54, 1.807) is 10.8 Å². The average molecular weight is 338 g/mol. The number of hydrogen-bond donors (Lipinski definition) is 1. The molecule has 20 heavy (non-hydrogen) atoms. The van der Waals surface area contributed by atoms with Crippen molar-refractivity contribution in [3.8, 4) is 0 Å². The second-order valence-corrected chi connectivity index (χ2v) is 5.96. The zero-order valence-corrected chi connectivity index (χ0v) is 12.8. The van der Waals surface area contributed by atoms with Crippen LogP contribution in [0.3, 0.4) is 0 Å². The maximum absolute atomic E-state index is 12.5. The van der Waals surface area contributed by atoms with E-state index < -0.39 is 0 Å². The molecule has 1 aliphatic rings. The summed E-state index contributed by atoms with van der Waals surface area (Å²) in [6.07, 6.45) is 3.83. The Hall–Kier alpha value is -1.63. The molecule has 1 fully saturated rings. The van der Waals surface area contributed by atoms with E-state index in [9.17, 15) is 4.79 Å². The molecule has 0 radical (unpaired) electrons. The molecule has 0 spiro atoms. The summed E-state index contributed by atoms with van der Waals surface area (Å²) in [5.41, 5.74) is 7.30. The molecule has 106 valence electrons. The van der Waals surface area contributed by atoms with E-state index in [0.29, 0.717) is 17.1 Å². The second kappa shape index (κ2) is 5.05. The van der Waals surface area contributed by atoms with Crippen LogP contribution < -0.4 is 5.73 Å². The number of nitrogen functional groups attached to an aromatic ring is 1. The van der Waals surface area contributed by atoms with Crippen LogP contribution in [-0.4, -0.2) is 38.4 Å². The zero-order valence-electron chi connectivity index (χ0n) is 11.2. The van der Waals surface area contributed by atoms with E-state index in [1.165, 1.54) is 0 Å². The lowest BCUT2D eigenvalue weighted by Crippen LogP contribution is -2.34. The topological polar surface area (TPSA) is 77.0 Å². The second-order valence-electron chi connectivity index (χ2n) is 5.04. The number of pyridine rings is 1. The Balaban J connectivity index is 2.00. The van der Waals surface area contributed by atoms with Crippen molar-refractivity contribution >= 4 is 38.9 Å². The fourth-order valence-electron chi connectivity index (χ4n) is 2.67. The number of carbonyl (C=O) groups excluding carboxylic acids is 1. The smallest absolute Gasteiger partial charge is 0.245 e. The highest BCUT2D eigenvalue weighted by Gasteiger charge is 2.27. The lowest BCUT2D eigenvalue weighted by Gasteiger charge is -2.22. The standard InChI is InChI=1S/C13H16BrN5O/c1-8(12(20)18-4-2-3-5-18)19-11-10(17-13(19)15)6-9(14)7-16-11/h6-8H,2-5H2,1H3,(H2,15,17). The molecule has 1 atom stereocenters. The molecule has 0 bridgehead atoms. The first kappa shape index (κ1) is 13.4. The van der Waals surface area contributed by atoms with Crippen molar-refractivity contribution in [2.45, 2.75) is 25.8 Å². The van der Waals surface area contributed by atoms with Crippen molar-refractivity contribution in [3.05, 3.63) is 16.7 Å². The predicted molar refractivity (Wildman–Crippen MR) is 80.2 cm³/mol. The van der Waals surface area contributed by atoms with Crippen LogP contribution in [0.25, 0.3) is 11.2 Å². The number of likely N-dealkylation sites (tertiary alicyclic amines) is 1. The zero-order chi connectivity index (χ0) is 14.3. The van der Waals surface area contributed by atoms with Gasteiger partial charge in [0.15, 0.2) is 5.65 Å². The van der Waals surface area contributed by atoms with E-state index in [0.717, 1.165) is 30.4 Å². The molecule has 2 aromatic rings. The normalized spacial score (nSPS) is 16.8. The van der Waals surface area contributed by atoms with Crippen LogP contribution in [0.15, 0.2) is 16.7 Å². The quantitative estimate of drug-likeness (QED) is 0.908. The number of fused-ring (bicyclic) bond motifs is 1. The summed E-state index contributed by atoms with van der Waals surface area (Å²) in [5, 5.41) is 0. The van der Waals surface area contributed by atoms with Crippen LogP contribution in [-0.2, 0) is 4.79 Å². The van der Waals surface area contributed by atoms with Crippen LogP contribution >= 0.6 is 15.9 Å². The van der Waals surface area contributed by atoms with Gasteiger partial charge >= 0.3 is 0 Å². The van der Waals surface area contributed by atoms with E-state index >= 15 is 0 Å². The largest absolute Gasteiger partial charge is 0.369 e. The number of halogens is 1. The Morgan fingerprint density at radius 3 is 2.85 bits per heavy atom. The minimum Gasteiger partial charge on any atom is -0.369 e. The Morgan fingerprint density at radius 2 is 2.15 bits per heavy atom. The molecule has 6 nitrogen and oxygen atoms in total. The molecule has 3 rings (SSSR count). The van der Waals surface area contributed by atoms with Crippen LogP contribution in [0.2, 0.25) is 0 Å². The van der Waals surface area contributed by atoms with Gasteiger partial charge in [0.25, 0.3) is 0 Å². The maximum atomic E-state index is 12.5. The minimum absolute atomic E-state index is 0.0817. The number of rotatable bonds is 2. The van der Waals surface area contributed by atoms with E-state index in [4.69, 9.17) is 5.73 Å². The van der Waals surface area contributed by atoms with E-state index in [1.807, 2.05) is 17.9 Å².